The van der Waals surface area contributed by atoms with E-state index in [9.17, 15) is 9.59 Å². The summed E-state index contributed by atoms with van der Waals surface area (Å²) in [4.78, 5) is 25.2. The van der Waals surface area contributed by atoms with Gasteiger partial charge in [0.1, 0.15) is 24.1 Å². The van der Waals surface area contributed by atoms with Crippen LogP contribution in [0.5, 0.6) is 5.75 Å². The number of benzene rings is 1. The molecule has 2 amide bonds. The zero-order valence-electron chi connectivity index (χ0n) is 18.9. The molecule has 0 radical (unpaired) electrons. The Hall–Kier alpha value is -2.24. The van der Waals surface area contributed by atoms with Crippen LogP contribution in [-0.4, -0.2) is 67.7 Å². The van der Waals surface area contributed by atoms with Crippen molar-refractivity contribution in [3.63, 3.8) is 0 Å². The first-order chi connectivity index (χ1) is 15.1. The van der Waals surface area contributed by atoms with Gasteiger partial charge in [-0.1, -0.05) is 12.1 Å². The van der Waals surface area contributed by atoms with Gasteiger partial charge in [0, 0.05) is 13.0 Å². The average Bonchev–Trinajstić information content (AvgIpc) is 3.21. The lowest BCUT2D eigenvalue weighted by atomic mass is 9.98. The SMILES string of the molecule is COc1ccccc1NC(=O)CCNC(=O)[C@@H]1O[C@H]2OC(C)(C)O[C@@H]2[C@H]2OC(C)(C)O[C@@H]21. The van der Waals surface area contributed by atoms with Gasteiger partial charge in [-0.3, -0.25) is 9.59 Å². The summed E-state index contributed by atoms with van der Waals surface area (Å²) in [7, 11) is 1.53. The van der Waals surface area contributed by atoms with Crippen LogP contribution in [0.15, 0.2) is 24.3 Å². The number of fused-ring (bicyclic) bond motifs is 3. The maximum absolute atomic E-state index is 12.9. The van der Waals surface area contributed by atoms with Gasteiger partial charge in [-0.2, -0.15) is 0 Å². The first-order valence-electron chi connectivity index (χ1n) is 10.7. The fourth-order valence-electron chi connectivity index (χ4n) is 4.18. The molecule has 0 spiro atoms. The van der Waals surface area contributed by atoms with Crippen LogP contribution < -0.4 is 15.4 Å². The normalized spacial score (nSPS) is 32.0. The summed E-state index contributed by atoms with van der Waals surface area (Å²) in [5.74, 6) is -1.86. The van der Waals surface area contributed by atoms with E-state index in [2.05, 4.69) is 10.6 Å². The van der Waals surface area contributed by atoms with Crippen LogP contribution in [0, 0.1) is 0 Å². The summed E-state index contributed by atoms with van der Waals surface area (Å²) in [5, 5.41) is 5.52. The summed E-state index contributed by atoms with van der Waals surface area (Å²) in [6.45, 7) is 7.23. The van der Waals surface area contributed by atoms with Crippen LogP contribution >= 0.6 is 0 Å². The molecule has 176 valence electrons. The van der Waals surface area contributed by atoms with Gasteiger partial charge < -0.3 is 39.1 Å². The highest BCUT2D eigenvalue weighted by atomic mass is 16.9. The molecule has 3 saturated heterocycles. The number of carbonyl (C=O) groups excluding carboxylic acids is 2. The van der Waals surface area contributed by atoms with E-state index in [0.717, 1.165) is 0 Å². The smallest absolute Gasteiger partial charge is 0.252 e. The minimum absolute atomic E-state index is 0.0755. The Morgan fingerprint density at radius 3 is 2.38 bits per heavy atom. The number of amides is 2. The summed E-state index contributed by atoms with van der Waals surface area (Å²) < 4.78 is 34.8. The largest absolute Gasteiger partial charge is 0.495 e. The third-order valence-corrected chi connectivity index (χ3v) is 5.45. The van der Waals surface area contributed by atoms with Gasteiger partial charge in [-0.25, -0.2) is 0 Å². The predicted octanol–water partition coefficient (Wildman–Crippen LogP) is 1.54. The van der Waals surface area contributed by atoms with Crippen LogP contribution in [0.4, 0.5) is 5.69 Å². The highest BCUT2D eigenvalue weighted by Gasteiger charge is 2.62. The molecule has 1 aromatic rings. The van der Waals surface area contributed by atoms with Crippen molar-refractivity contribution < 1.29 is 38.0 Å². The second kappa shape index (κ2) is 8.60. The zero-order valence-corrected chi connectivity index (χ0v) is 18.9. The summed E-state index contributed by atoms with van der Waals surface area (Å²) >= 11 is 0. The third-order valence-electron chi connectivity index (χ3n) is 5.45. The molecule has 2 N–H and O–H groups in total. The first kappa shape index (κ1) is 22.9. The van der Waals surface area contributed by atoms with Crippen molar-refractivity contribution in [1.29, 1.82) is 0 Å². The molecule has 0 unspecified atom stereocenters. The van der Waals surface area contributed by atoms with Crippen LogP contribution in [0.2, 0.25) is 0 Å². The molecular weight excluding hydrogens is 420 g/mol. The van der Waals surface area contributed by atoms with E-state index in [0.29, 0.717) is 11.4 Å². The molecule has 32 heavy (non-hydrogen) atoms. The number of ether oxygens (including phenoxy) is 6. The van der Waals surface area contributed by atoms with Crippen LogP contribution in [0.1, 0.15) is 34.1 Å². The first-order valence-corrected chi connectivity index (χ1v) is 10.7. The van der Waals surface area contributed by atoms with Crippen molar-refractivity contribution in [1.82, 2.24) is 5.32 Å². The minimum Gasteiger partial charge on any atom is -0.495 e. The van der Waals surface area contributed by atoms with E-state index in [1.165, 1.54) is 7.11 Å². The lowest BCUT2D eigenvalue weighted by molar-refractivity contribution is -0.231. The van der Waals surface area contributed by atoms with Crippen molar-refractivity contribution in [2.24, 2.45) is 0 Å². The molecule has 0 bridgehead atoms. The Balaban J connectivity index is 1.35. The fraction of sp³-hybridized carbons (Fsp3) is 0.636. The second-order valence-corrected chi connectivity index (χ2v) is 8.88. The van der Waals surface area contributed by atoms with E-state index in [4.69, 9.17) is 28.4 Å². The Kier molecular flexibility index (Phi) is 6.17. The average molecular weight is 450 g/mol. The lowest BCUT2D eigenvalue weighted by Crippen LogP contribution is -2.59. The molecule has 4 rings (SSSR count). The summed E-state index contributed by atoms with van der Waals surface area (Å²) in [6.07, 6.45) is -3.33. The number of hydrogen-bond acceptors (Lipinski definition) is 8. The van der Waals surface area contributed by atoms with E-state index in [1.54, 1.807) is 45.9 Å². The molecule has 3 fully saturated rings. The van der Waals surface area contributed by atoms with Gasteiger partial charge in [-0.15, -0.1) is 0 Å². The quantitative estimate of drug-likeness (QED) is 0.671. The number of para-hydroxylation sites is 2. The Labute approximate surface area is 186 Å². The number of carbonyl (C=O) groups is 2. The van der Waals surface area contributed by atoms with Crippen molar-refractivity contribution in [2.45, 2.75) is 76.4 Å². The maximum Gasteiger partial charge on any atom is 0.252 e. The number of methoxy groups -OCH3 is 1. The standard InChI is InChI=1S/C22H30N2O8/c1-21(2)29-15-16(30-21)18-20(32-22(3,4)31-18)28-17(15)19(26)23-11-10-14(25)24-12-8-6-7-9-13(12)27-5/h6-9,15-18,20H,10-11H2,1-5H3,(H,23,26)(H,24,25)/t15-,16-,17+,18+,20-/m0/s1. The maximum atomic E-state index is 12.9. The molecule has 10 heteroatoms. The lowest BCUT2D eigenvalue weighted by Gasteiger charge is -2.36. The molecule has 0 saturated carbocycles. The summed E-state index contributed by atoms with van der Waals surface area (Å²) in [6, 6.07) is 7.10. The van der Waals surface area contributed by atoms with Gasteiger partial charge in [0.05, 0.1) is 12.8 Å². The molecule has 1 aromatic carbocycles. The number of anilines is 1. The van der Waals surface area contributed by atoms with E-state index < -0.39 is 48.2 Å². The van der Waals surface area contributed by atoms with Crippen LogP contribution in [0.25, 0.3) is 0 Å². The summed E-state index contributed by atoms with van der Waals surface area (Å²) in [5.41, 5.74) is 0.565. The van der Waals surface area contributed by atoms with E-state index in [-0.39, 0.29) is 18.9 Å². The predicted molar refractivity (Wildman–Crippen MR) is 112 cm³/mol. The van der Waals surface area contributed by atoms with Gasteiger partial charge >= 0.3 is 0 Å². The Morgan fingerprint density at radius 1 is 0.969 bits per heavy atom. The second-order valence-electron chi connectivity index (χ2n) is 8.88. The molecular formula is C22H30N2O8. The van der Waals surface area contributed by atoms with Crippen molar-refractivity contribution in [3.05, 3.63) is 24.3 Å². The number of nitrogens with one attached hydrogen (secondary N) is 2. The molecule has 3 aliphatic heterocycles. The third kappa shape index (κ3) is 4.74. The van der Waals surface area contributed by atoms with Gasteiger partial charge in [0.25, 0.3) is 5.91 Å². The van der Waals surface area contributed by atoms with Gasteiger partial charge in [-0.05, 0) is 39.8 Å². The van der Waals surface area contributed by atoms with Gasteiger partial charge in [0.15, 0.2) is 24.0 Å². The monoisotopic (exact) mass is 450 g/mol. The number of hydrogen-bond donors (Lipinski definition) is 2. The van der Waals surface area contributed by atoms with Crippen molar-refractivity contribution in [3.8, 4) is 5.75 Å². The van der Waals surface area contributed by atoms with Crippen molar-refractivity contribution in [2.75, 3.05) is 19.0 Å². The van der Waals surface area contributed by atoms with E-state index in [1.807, 2.05) is 6.07 Å². The topological polar surface area (TPSA) is 114 Å². The number of rotatable bonds is 6. The molecule has 3 aliphatic rings. The molecule has 10 nitrogen and oxygen atoms in total. The highest BCUT2D eigenvalue weighted by molar-refractivity contribution is 5.92. The molecule has 0 aliphatic carbocycles. The van der Waals surface area contributed by atoms with E-state index >= 15 is 0 Å². The Morgan fingerprint density at radius 2 is 1.62 bits per heavy atom. The van der Waals surface area contributed by atoms with Gasteiger partial charge in [0.2, 0.25) is 5.91 Å². The minimum atomic E-state index is -0.960. The fourth-order valence-corrected chi connectivity index (χ4v) is 4.18. The van der Waals surface area contributed by atoms with Crippen LogP contribution in [0.3, 0.4) is 0 Å². The zero-order chi connectivity index (χ0) is 23.1. The molecule has 0 aromatic heterocycles. The van der Waals surface area contributed by atoms with Crippen molar-refractivity contribution >= 4 is 17.5 Å². The van der Waals surface area contributed by atoms with Crippen LogP contribution in [-0.2, 0) is 33.3 Å². The molecule has 5 atom stereocenters. The molecule has 3 heterocycles. The Bertz CT molecular complexity index is 873. The highest BCUT2D eigenvalue weighted by Crippen LogP contribution is 2.44.